The highest BCUT2D eigenvalue weighted by molar-refractivity contribution is 7.18. The summed E-state index contributed by atoms with van der Waals surface area (Å²) in [5.74, 6) is -0.322. The monoisotopic (exact) mass is 824 g/mol. The van der Waals surface area contributed by atoms with E-state index in [9.17, 15) is 19.2 Å². The second-order valence-electron chi connectivity index (χ2n) is 16.4. The quantitative estimate of drug-likeness (QED) is 0.211. The van der Waals surface area contributed by atoms with Crippen molar-refractivity contribution in [2.75, 3.05) is 52.4 Å². The summed E-state index contributed by atoms with van der Waals surface area (Å²) in [4.78, 5) is 70.0. The van der Waals surface area contributed by atoms with Gasteiger partial charge >= 0.3 is 0 Å². The third-order valence-electron chi connectivity index (χ3n) is 12.7. The lowest BCUT2D eigenvalue weighted by molar-refractivity contribution is -0.141. The smallest absolute Gasteiger partial charge is 0.253 e. The Morgan fingerprint density at radius 3 is 1.63 bits per heavy atom. The van der Waals surface area contributed by atoms with Gasteiger partial charge in [0.15, 0.2) is 0 Å². The molecule has 2 unspecified atom stereocenters. The first-order valence-corrected chi connectivity index (χ1v) is 22.0. The van der Waals surface area contributed by atoms with E-state index in [2.05, 4.69) is 29.2 Å². The van der Waals surface area contributed by atoms with Crippen LogP contribution in [0.4, 0.5) is 0 Å². The maximum absolute atomic E-state index is 13.8. The van der Waals surface area contributed by atoms with E-state index in [4.69, 9.17) is 16.5 Å². The summed E-state index contributed by atoms with van der Waals surface area (Å²) in [6.45, 7) is 3.74. The fourth-order valence-electron chi connectivity index (χ4n) is 8.72. The van der Waals surface area contributed by atoms with Crippen molar-refractivity contribution in [1.82, 2.24) is 29.6 Å². The number of hydrogen-bond donors (Lipinski definition) is 2. The first-order chi connectivity index (χ1) is 28.6. The fourth-order valence-corrected chi connectivity index (χ4v) is 10.5. The van der Waals surface area contributed by atoms with Crippen LogP contribution in [0.1, 0.15) is 57.3 Å². The molecule has 2 saturated carbocycles. The van der Waals surface area contributed by atoms with Crippen molar-refractivity contribution in [3.63, 3.8) is 0 Å². The molecule has 4 N–H and O–H groups in total. The molecule has 300 valence electrons. The zero-order valence-corrected chi connectivity index (χ0v) is 34.1. The van der Waals surface area contributed by atoms with Crippen LogP contribution in [0.5, 0.6) is 0 Å². The van der Waals surface area contributed by atoms with Gasteiger partial charge in [0, 0.05) is 69.4 Å². The molecule has 4 heterocycles. The average molecular weight is 825 g/mol. The molecule has 4 aliphatic rings. The standard InChI is InChI=1S/C45H44N8O4S2/c46-44(14-1-15-44)42(56)52-20-16-50(17-21-52)40(54)31-8-4-29(5-9-31)33-11-13-38-36(25-33)49-39(59-38)34-26-45(34,47)43(57)53-22-18-51(19-23-53)41(55)30-6-2-28(3-7-30)32-10-12-37-35(24-32)48-27-58-37/h2-13,24-25,27,34H,1,14-23,26,46-47H2. The lowest BCUT2D eigenvalue weighted by Gasteiger charge is -2.43. The van der Waals surface area contributed by atoms with Crippen molar-refractivity contribution in [2.24, 2.45) is 11.5 Å². The van der Waals surface area contributed by atoms with Crippen molar-refractivity contribution >= 4 is 66.7 Å². The number of rotatable bonds is 7. The summed E-state index contributed by atoms with van der Waals surface area (Å²) in [5, 5.41) is 0.855. The van der Waals surface area contributed by atoms with E-state index in [1.165, 1.54) is 0 Å². The number of carbonyl (C=O) groups is 4. The second-order valence-corrected chi connectivity index (χ2v) is 18.3. The maximum Gasteiger partial charge on any atom is 0.253 e. The van der Waals surface area contributed by atoms with Gasteiger partial charge in [-0.3, -0.25) is 19.2 Å². The molecule has 4 aromatic carbocycles. The lowest BCUT2D eigenvalue weighted by Crippen LogP contribution is -2.62. The molecule has 10 rings (SSSR count). The van der Waals surface area contributed by atoms with Crippen LogP contribution in [0.2, 0.25) is 0 Å². The molecule has 14 heteroatoms. The van der Waals surface area contributed by atoms with Gasteiger partial charge in [-0.1, -0.05) is 36.4 Å². The number of carbonyl (C=O) groups excluding carboxylic acids is 4. The second kappa shape index (κ2) is 14.6. The van der Waals surface area contributed by atoms with E-state index in [1.54, 1.807) is 37.4 Å². The zero-order valence-electron chi connectivity index (χ0n) is 32.5. The Kier molecular flexibility index (Phi) is 9.35. The van der Waals surface area contributed by atoms with Gasteiger partial charge in [0.25, 0.3) is 11.8 Å². The maximum atomic E-state index is 13.8. The Bertz CT molecular complexity index is 2620. The fraction of sp³-hybridized carbons (Fsp3) is 0.333. The van der Waals surface area contributed by atoms with Crippen molar-refractivity contribution in [3.8, 4) is 22.3 Å². The summed E-state index contributed by atoms with van der Waals surface area (Å²) in [5.41, 5.74) is 20.3. The van der Waals surface area contributed by atoms with Gasteiger partial charge in [0.2, 0.25) is 11.8 Å². The Balaban J connectivity index is 0.733. The molecular formula is C45H44N8O4S2. The number of aromatic nitrogens is 2. The summed E-state index contributed by atoms with van der Waals surface area (Å²) >= 11 is 3.19. The highest BCUT2D eigenvalue weighted by atomic mass is 32.1. The van der Waals surface area contributed by atoms with E-state index in [0.717, 1.165) is 67.0 Å². The van der Waals surface area contributed by atoms with Crippen LogP contribution in [0.3, 0.4) is 0 Å². The van der Waals surface area contributed by atoms with E-state index >= 15 is 0 Å². The first-order valence-electron chi connectivity index (χ1n) is 20.3. The molecule has 2 saturated heterocycles. The summed E-state index contributed by atoms with van der Waals surface area (Å²) in [6.07, 6.45) is 3.00. The highest BCUT2D eigenvalue weighted by Gasteiger charge is 2.60. The summed E-state index contributed by atoms with van der Waals surface area (Å²) < 4.78 is 2.17. The van der Waals surface area contributed by atoms with Crippen LogP contribution < -0.4 is 11.5 Å². The van der Waals surface area contributed by atoms with Crippen molar-refractivity contribution < 1.29 is 19.2 Å². The van der Waals surface area contributed by atoms with Crippen LogP contribution in [-0.2, 0) is 9.59 Å². The summed E-state index contributed by atoms with van der Waals surface area (Å²) in [7, 11) is 0. The molecule has 2 aliphatic heterocycles. The molecular weight excluding hydrogens is 781 g/mol. The molecule has 2 aliphatic carbocycles. The predicted octanol–water partition coefficient (Wildman–Crippen LogP) is 5.58. The number of nitrogens with two attached hydrogens (primary N) is 2. The largest absolute Gasteiger partial charge is 0.338 e. The number of nitrogens with zero attached hydrogens (tertiary/aromatic N) is 6. The Morgan fingerprint density at radius 2 is 1.08 bits per heavy atom. The van der Waals surface area contributed by atoms with Gasteiger partial charge in [0.05, 0.1) is 36.5 Å². The lowest BCUT2D eigenvalue weighted by atomic mass is 9.76. The Hall–Kier alpha value is -5.54. The SMILES string of the molecule is NC1(C(=O)N2CCN(C(=O)c3ccc(-c4ccc5sc(C6CC6(N)C(=O)N6CCN(C(=O)c7ccc(-c8ccc9scnc9c8)cc7)CC6)nc5c4)cc3)CC2)CCC1. The van der Waals surface area contributed by atoms with Gasteiger partial charge in [-0.15, -0.1) is 22.7 Å². The molecule has 0 spiro atoms. The first kappa shape index (κ1) is 37.7. The molecule has 0 radical (unpaired) electrons. The number of thiazole rings is 2. The van der Waals surface area contributed by atoms with E-state index in [0.29, 0.717) is 69.9 Å². The number of benzene rings is 4. The third-order valence-corrected chi connectivity index (χ3v) is 14.7. The van der Waals surface area contributed by atoms with E-state index in [-0.39, 0.29) is 29.5 Å². The number of amides is 4. The minimum atomic E-state index is -1.01. The third kappa shape index (κ3) is 6.87. The van der Waals surface area contributed by atoms with Crippen LogP contribution in [0.15, 0.2) is 90.4 Å². The van der Waals surface area contributed by atoms with Crippen molar-refractivity contribution in [2.45, 2.75) is 42.7 Å². The summed E-state index contributed by atoms with van der Waals surface area (Å²) in [6, 6.07) is 27.7. The number of fused-ring (bicyclic) bond motifs is 2. The normalized spacial score (nSPS) is 21.4. The minimum absolute atomic E-state index is 0.0122. The molecule has 2 atom stereocenters. The molecule has 12 nitrogen and oxygen atoms in total. The molecule has 4 fully saturated rings. The Morgan fingerprint density at radius 1 is 0.593 bits per heavy atom. The number of piperazine rings is 2. The van der Waals surface area contributed by atoms with Crippen LogP contribution in [0, 0.1) is 0 Å². The Labute approximate surface area is 349 Å². The minimum Gasteiger partial charge on any atom is -0.338 e. The zero-order chi connectivity index (χ0) is 40.5. The average Bonchev–Trinajstić information content (AvgIpc) is 3.55. The van der Waals surface area contributed by atoms with Crippen molar-refractivity contribution in [3.05, 3.63) is 107 Å². The molecule has 2 aromatic heterocycles. The topological polar surface area (TPSA) is 159 Å². The van der Waals surface area contributed by atoms with E-state index < -0.39 is 11.1 Å². The molecule has 59 heavy (non-hydrogen) atoms. The number of hydrogen-bond acceptors (Lipinski definition) is 10. The van der Waals surface area contributed by atoms with Crippen LogP contribution in [0.25, 0.3) is 42.7 Å². The molecule has 0 bridgehead atoms. The van der Waals surface area contributed by atoms with Gasteiger partial charge in [-0.2, -0.15) is 0 Å². The van der Waals surface area contributed by atoms with Gasteiger partial charge in [0.1, 0.15) is 5.54 Å². The van der Waals surface area contributed by atoms with Gasteiger partial charge in [-0.25, -0.2) is 9.97 Å². The van der Waals surface area contributed by atoms with Gasteiger partial charge < -0.3 is 31.1 Å². The highest BCUT2D eigenvalue weighted by Crippen LogP contribution is 2.52. The molecule has 4 amide bonds. The predicted molar refractivity (Wildman–Crippen MR) is 230 cm³/mol. The van der Waals surface area contributed by atoms with Crippen LogP contribution in [-0.4, -0.2) is 117 Å². The van der Waals surface area contributed by atoms with Gasteiger partial charge in [-0.05, 0) is 96.5 Å². The molecule has 6 aromatic rings. The van der Waals surface area contributed by atoms with Crippen molar-refractivity contribution in [1.29, 1.82) is 0 Å². The van der Waals surface area contributed by atoms with Crippen LogP contribution >= 0.6 is 22.7 Å². The van der Waals surface area contributed by atoms with E-state index in [1.807, 2.05) is 71.1 Å².